The van der Waals surface area contributed by atoms with E-state index in [0.29, 0.717) is 26.0 Å². The molecule has 0 radical (unpaired) electrons. The molecule has 0 aliphatic heterocycles. The summed E-state index contributed by atoms with van der Waals surface area (Å²) in [5.41, 5.74) is 2.40. The van der Waals surface area contributed by atoms with E-state index < -0.39 is 0 Å². The summed E-state index contributed by atoms with van der Waals surface area (Å²) < 4.78 is 6.65. The van der Waals surface area contributed by atoms with Gasteiger partial charge in [0, 0.05) is 24.0 Å². The zero-order valence-corrected chi connectivity index (χ0v) is 16.4. The van der Waals surface area contributed by atoms with Crippen molar-refractivity contribution >= 4 is 21.8 Å². The number of carbonyl (C=O) groups excluding carboxylic acids is 1. The monoisotopic (exact) mass is 404 g/mol. The van der Waals surface area contributed by atoms with Crippen molar-refractivity contribution < 1.29 is 9.53 Å². The molecule has 0 aliphatic rings. The second kappa shape index (κ2) is 10.2. The molecule has 5 heteroatoms. The van der Waals surface area contributed by atoms with E-state index >= 15 is 0 Å². The van der Waals surface area contributed by atoms with Crippen molar-refractivity contribution in [1.29, 1.82) is 0 Å². The van der Waals surface area contributed by atoms with Crippen molar-refractivity contribution in [3.8, 4) is 5.75 Å². The van der Waals surface area contributed by atoms with Crippen LogP contribution in [-0.2, 0) is 17.9 Å². The van der Waals surface area contributed by atoms with Crippen LogP contribution in [0.25, 0.3) is 0 Å². The molecule has 0 saturated heterocycles. The Balaban J connectivity index is 1.69. The number of hydrogen-bond acceptors (Lipinski definition) is 3. The molecule has 0 heterocycles. The summed E-state index contributed by atoms with van der Waals surface area (Å²) in [5, 5.41) is 3.00. The standard InChI is InChI=1S/C20H25BrN2O2/c1-23(2)15-17-7-4-3-6-16(17)14-22-20(24)8-5-13-25-19-11-9-18(21)10-12-19/h3-4,6-7,9-12H,5,8,13-15H2,1-2H3,(H,22,24). The van der Waals surface area contributed by atoms with Crippen molar-refractivity contribution in [2.75, 3.05) is 20.7 Å². The van der Waals surface area contributed by atoms with E-state index in [1.165, 1.54) is 5.56 Å². The van der Waals surface area contributed by atoms with Gasteiger partial charge in [-0.15, -0.1) is 0 Å². The third-order valence-electron chi connectivity index (χ3n) is 3.71. The zero-order valence-electron chi connectivity index (χ0n) is 14.8. The molecule has 0 fully saturated rings. The van der Waals surface area contributed by atoms with Crippen LogP contribution in [0.2, 0.25) is 0 Å². The lowest BCUT2D eigenvalue weighted by Gasteiger charge is -2.14. The SMILES string of the molecule is CN(C)Cc1ccccc1CNC(=O)CCCOc1ccc(Br)cc1. The number of rotatable bonds is 9. The van der Waals surface area contributed by atoms with E-state index in [1.807, 2.05) is 50.5 Å². The van der Waals surface area contributed by atoms with Gasteiger partial charge in [-0.05, 0) is 55.9 Å². The lowest BCUT2D eigenvalue weighted by Crippen LogP contribution is -2.24. The molecule has 0 unspecified atom stereocenters. The number of amides is 1. The molecule has 0 aliphatic carbocycles. The molecule has 0 bridgehead atoms. The van der Waals surface area contributed by atoms with Crippen molar-refractivity contribution in [2.45, 2.75) is 25.9 Å². The van der Waals surface area contributed by atoms with Gasteiger partial charge in [-0.25, -0.2) is 0 Å². The fraction of sp³-hybridized carbons (Fsp3) is 0.350. The number of nitrogens with zero attached hydrogens (tertiary/aromatic N) is 1. The van der Waals surface area contributed by atoms with Gasteiger partial charge in [-0.2, -0.15) is 0 Å². The van der Waals surface area contributed by atoms with Gasteiger partial charge in [-0.1, -0.05) is 40.2 Å². The van der Waals surface area contributed by atoms with Gasteiger partial charge in [-0.3, -0.25) is 4.79 Å². The lowest BCUT2D eigenvalue weighted by molar-refractivity contribution is -0.121. The summed E-state index contributed by atoms with van der Waals surface area (Å²) in [4.78, 5) is 14.1. The molecule has 0 spiro atoms. The van der Waals surface area contributed by atoms with E-state index in [1.54, 1.807) is 0 Å². The van der Waals surface area contributed by atoms with E-state index in [4.69, 9.17) is 4.74 Å². The smallest absolute Gasteiger partial charge is 0.220 e. The fourth-order valence-corrected chi connectivity index (χ4v) is 2.72. The maximum atomic E-state index is 12.0. The van der Waals surface area contributed by atoms with Crippen LogP contribution in [0.1, 0.15) is 24.0 Å². The van der Waals surface area contributed by atoms with Crippen LogP contribution in [0.4, 0.5) is 0 Å². The maximum Gasteiger partial charge on any atom is 0.220 e. The quantitative estimate of drug-likeness (QED) is 0.642. The summed E-state index contributed by atoms with van der Waals surface area (Å²) in [6.07, 6.45) is 1.16. The van der Waals surface area contributed by atoms with Crippen LogP contribution in [0.15, 0.2) is 53.0 Å². The average molecular weight is 405 g/mol. The number of halogens is 1. The van der Waals surface area contributed by atoms with E-state index in [-0.39, 0.29) is 5.91 Å². The van der Waals surface area contributed by atoms with Crippen LogP contribution in [-0.4, -0.2) is 31.5 Å². The Labute approximate surface area is 158 Å². The molecule has 1 amide bonds. The molecular formula is C20H25BrN2O2. The molecule has 2 rings (SSSR count). The second-order valence-corrected chi connectivity index (χ2v) is 7.10. The summed E-state index contributed by atoms with van der Waals surface area (Å²) in [6, 6.07) is 15.9. The Morgan fingerprint density at radius 2 is 1.76 bits per heavy atom. The van der Waals surface area contributed by atoms with E-state index in [0.717, 1.165) is 22.3 Å². The predicted octanol–water partition coefficient (Wildman–Crippen LogP) is 3.99. The van der Waals surface area contributed by atoms with Gasteiger partial charge in [0.05, 0.1) is 6.61 Å². The van der Waals surface area contributed by atoms with Crippen LogP contribution in [0.3, 0.4) is 0 Å². The highest BCUT2D eigenvalue weighted by molar-refractivity contribution is 9.10. The maximum absolute atomic E-state index is 12.0. The van der Waals surface area contributed by atoms with E-state index in [9.17, 15) is 4.79 Å². The van der Waals surface area contributed by atoms with Crippen LogP contribution >= 0.6 is 15.9 Å². The summed E-state index contributed by atoms with van der Waals surface area (Å²) in [6.45, 7) is 1.97. The van der Waals surface area contributed by atoms with Crippen molar-refractivity contribution in [2.24, 2.45) is 0 Å². The van der Waals surface area contributed by atoms with Gasteiger partial charge in [0.15, 0.2) is 0 Å². The van der Waals surface area contributed by atoms with Crippen LogP contribution < -0.4 is 10.1 Å². The van der Waals surface area contributed by atoms with Crippen LogP contribution in [0, 0.1) is 0 Å². The molecule has 1 N–H and O–H groups in total. The Hall–Kier alpha value is -1.85. The molecular weight excluding hydrogens is 380 g/mol. The van der Waals surface area contributed by atoms with E-state index in [2.05, 4.69) is 38.3 Å². The van der Waals surface area contributed by atoms with Crippen molar-refractivity contribution in [3.63, 3.8) is 0 Å². The average Bonchev–Trinajstić information content (AvgIpc) is 2.59. The Morgan fingerprint density at radius 3 is 2.44 bits per heavy atom. The normalized spacial score (nSPS) is 10.7. The van der Waals surface area contributed by atoms with Gasteiger partial charge >= 0.3 is 0 Å². The Bertz CT molecular complexity index is 672. The first kappa shape index (κ1) is 19.5. The third-order valence-corrected chi connectivity index (χ3v) is 4.24. The number of ether oxygens (including phenoxy) is 1. The minimum absolute atomic E-state index is 0.0547. The minimum Gasteiger partial charge on any atom is -0.494 e. The van der Waals surface area contributed by atoms with Crippen LogP contribution in [0.5, 0.6) is 5.75 Å². The van der Waals surface area contributed by atoms with Crippen molar-refractivity contribution in [3.05, 3.63) is 64.1 Å². The second-order valence-electron chi connectivity index (χ2n) is 6.19. The topological polar surface area (TPSA) is 41.6 Å². The zero-order chi connectivity index (χ0) is 18.1. The first-order valence-corrected chi connectivity index (χ1v) is 9.20. The van der Waals surface area contributed by atoms with Gasteiger partial charge < -0.3 is 15.0 Å². The molecule has 2 aromatic rings. The number of hydrogen-bond donors (Lipinski definition) is 1. The van der Waals surface area contributed by atoms with Gasteiger partial charge in [0.1, 0.15) is 5.75 Å². The summed E-state index contributed by atoms with van der Waals surface area (Å²) >= 11 is 3.39. The first-order valence-electron chi connectivity index (χ1n) is 8.41. The molecule has 2 aromatic carbocycles. The highest BCUT2D eigenvalue weighted by Gasteiger charge is 2.06. The molecule has 0 atom stereocenters. The van der Waals surface area contributed by atoms with Gasteiger partial charge in [0.25, 0.3) is 0 Å². The molecule has 4 nitrogen and oxygen atoms in total. The largest absolute Gasteiger partial charge is 0.494 e. The van der Waals surface area contributed by atoms with Gasteiger partial charge in [0.2, 0.25) is 5.91 Å². The Morgan fingerprint density at radius 1 is 1.08 bits per heavy atom. The lowest BCUT2D eigenvalue weighted by atomic mass is 10.1. The summed E-state index contributed by atoms with van der Waals surface area (Å²) in [7, 11) is 4.08. The highest BCUT2D eigenvalue weighted by atomic mass is 79.9. The number of benzene rings is 2. The first-order chi connectivity index (χ1) is 12.0. The third kappa shape index (κ3) is 7.28. The minimum atomic E-state index is 0.0547. The predicted molar refractivity (Wildman–Crippen MR) is 105 cm³/mol. The summed E-state index contributed by atoms with van der Waals surface area (Å²) in [5.74, 6) is 0.875. The number of carbonyl (C=O) groups is 1. The molecule has 134 valence electrons. The molecule has 25 heavy (non-hydrogen) atoms. The van der Waals surface area contributed by atoms with Crippen molar-refractivity contribution in [1.82, 2.24) is 10.2 Å². The highest BCUT2D eigenvalue weighted by Crippen LogP contribution is 2.16. The molecule has 0 aromatic heterocycles. The Kier molecular flexibility index (Phi) is 7.95. The fourth-order valence-electron chi connectivity index (χ4n) is 2.46. The molecule has 0 saturated carbocycles. The number of nitrogens with one attached hydrogen (secondary N) is 1.